The van der Waals surface area contributed by atoms with Gasteiger partial charge in [0, 0.05) is 4.47 Å². The lowest BCUT2D eigenvalue weighted by atomic mass is 9.76. The van der Waals surface area contributed by atoms with Gasteiger partial charge < -0.3 is 5.32 Å². The average molecular weight is 310 g/mol. The van der Waals surface area contributed by atoms with E-state index in [-0.39, 0.29) is 0 Å². The maximum absolute atomic E-state index is 3.68. The van der Waals surface area contributed by atoms with Crippen molar-refractivity contribution in [2.24, 2.45) is 11.8 Å². The topological polar surface area (TPSA) is 12.0 Å². The largest absolute Gasteiger partial charge is 0.317 e. The van der Waals surface area contributed by atoms with E-state index in [1.807, 2.05) is 0 Å². The van der Waals surface area contributed by atoms with E-state index in [0.29, 0.717) is 0 Å². The quantitative estimate of drug-likeness (QED) is 0.849. The predicted molar refractivity (Wildman–Crippen MR) is 81.8 cm³/mol. The SMILES string of the molecule is CCNCC1CCCCC1Cc1ccccc1Br. The first-order valence-electron chi connectivity index (χ1n) is 7.25. The number of nitrogens with one attached hydrogen (secondary N) is 1. The Hall–Kier alpha value is -0.340. The second-order valence-electron chi connectivity index (χ2n) is 5.41. The highest BCUT2D eigenvalue weighted by molar-refractivity contribution is 9.10. The zero-order valence-corrected chi connectivity index (χ0v) is 12.9. The normalized spacial score (nSPS) is 24.1. The van der Waals surface area contributed by atoms with Crippen molar-refractivity contribution in [3.8, 4) is 0 Å². The first-order chi connectivity index (χ1) is 8.81. The van der Waals surface area contributed by atoms with Crippen LogP contribution in [0.15, 0.2) is 28.7 Å². The average Bonchev–Trinajstić information content (AvgIpc) is 2.40. The molecule has 0 bridgehead atoms. The highest BCUT2D eigenvalue weighted by Gasteiger charge is 2.25. The van der Waals surface area contributed by atoms with Crippen LogP contribution in [-0.2, 0) is 6.42 Å². The lowest BCUT2D eigenvalue weighted by Crippen LogP contribution is -2.31. The molecule has 1 aromatic rings. The molecule has 1 aromatic carbocycles. The molecular weight excluding hydrogens is 286 g/mol. The van der Waals surface area contributed by atoms with Crippen molar-refractivity contribution in [3.05, 3.63) is 34.3 Å². The molecule has 0 aliphatic heterocycles. The molecule has 1 nitrogen and oxygen atoms in total. The third kappa shape index (κ3) is 3.83. The molecule has 2 heteroatoms. The summed E-state index contributed by atoms with van der Waals surface area (Å²) in [4.78, 5) is 0. The van der Waals surface area contributed by atoms with E-state index < -0.39 is 0 Å². The first kappa shape index (κ1) is 14.1. The second-order valence-corrected chi connectivity index (χ2v) is 6.26. The van der Waals surface area contributed by atoms with Crippen molar-refractivity contribution in [3.63, 3.8) is 0 Å². The molecule has 0 amide bonds. The Labute approximate surface area is 119 Å². The van der Waals surface area contributed by atoms with Gasteiger partial charge in [-0.1, -0.05) is 53.9 Å². The molecule has 0 saturated heterocycles. The van der Waals surface area contributed by atoms with Gasteiger partial charge in [-0.25, -0.2) is 0 Å². The molecule has 0 spiro atoms. The molecule has 1 aliphatic carbocycles. The minimum absolute atomic E-state index is 0.858. The van der Waals surface area contributed by atoms with Gasteiger partial charge in [0.25, 0.3) is 0 Å². The van der Waals surface area contributed by atoms with Crippen molar-refractivity contribution in [2.45, 2.75) is 39.0 Å². The van der Waals surface area contributed by atoms with Gasteiger partial charge in [-0.2, -0.15) is 0 Å². The maximum atomic E-state index is 3.68. The van der Waals surface area contributed by atoms with E-state index in [4.69, 9.17) is 0 Å². The van der Waals surface area contributed by atoms with Crippen LogP contribution in [-0.4, -0.2) is 13.1 Å². The van der Waals surface area contributed by atoms with Crippen LogP contribution in [0, 0.1) is 11.8 Å². The van der Waals surface area contributed by atoms with E-state index in [1.54, 1.807) is 0 Å². The zero-order chi connectivity index (χ0) is 12.8. The van der Waals surface area contributed by atoms with Crippen LogP contribution < -0.4 is 5.32 Å². The number of hydrogen-bond donors (Lipinski definition) is 1. The molecule has 1 saturated carbocycles. The van der Waals surface area contributed by atoms with Crippen LogP contribution in [0.5, 0.6) is 0 Å². The van der Waals surface area contributed by atoms with Gasteiger partial charge in [0.15, 0.2) is 0 Å². The smallest absolute Gasteiger partial charge is 0.0207 e. The highest BCUT2D eigenvalue weighted by atomic mass is 79.9. The van der Waals surface area contributed by atoms with Crippen LogP contribution in [0.1, 0.15) is 38.2 Å². The van der Waals surface area contributed by atoms with Crippen LogP contribution >= 0.6 is 15.9 Å². The van der Waals surface area contributed by atoms with Gasteiger partial charge in [0.1, 0.15) is 0 Å². The zero-order valence-electron chi connectivity index (χ0n) is 11.3. The summed E-state index contributed by atoms with van der Waals surface area (Å²) in [5, 5.41) is 3.54. The van der Waals surface area contributed by atoms with Gasteiger partial charge in [0.2, 0.25) is 0 Å². The van der Waals surface area contributed by atoms with Gasteiger partial charge in [0.05, 0.1) is 0 Å². The fourth-order valence-electron chi connectivity index (χ4n) is 3.10. The fourth-order valence-corrected chi connectivity index (χ4v) is 3.54. The monoisotopic (exact) mass is 309 g/mol. The Morgan fingerprint density at radius 2 is 1.89 bits per heavy atom. The molecular formula is C16H24BrN. The fraction of sp³-hybridized carbons (Fsp3) is 0.625. The first-order valence-corrected chi connectivity index (χ1v) is 8.04. The summed E-state index contributed by atoms with van der Waals surface area (Å²) in [6, 6.07) is 8.69. The number of hydrogen-bond acceptors (Lipinski definition) is 1. The lowest BCUT2D eigenvalue weighted by molar-refractivity contribution is 0.229. The number of benzene rings is 1. The van der Waals surface area contributed by atoms with Gasteiger partial charge in [-0.3, -0.25) is 0 Å². The predicted octanol–water partition coefficient (Wildman–Crippen LogP) is 4.41. The van der Waals surface area contributed by atoms with Gasteiger partial charge in [-0.05, 0) is 55.8 Å². The molecule has 0 aromatic heterocycles. The Morgan fingerprint density at radius 1 is 1.17 bits per heavy atom. The second kappa shape index (κ2) is 7.30. The third-order valence-electron chi connectivity index (χ3n) is 4.16. The summed E-state index contributed by atoms with van der Waals surface area (Å²) in [5.74, 6) is 1.72. The van der Waals surface area contributed by atoms with Crippen molar-refractivity contribution < 1.29 is 0 Å². The molecule has 1 aliphatic rings. The van der Waals surface area contributed by atoms with E-state index in [0.717, 1.165) is 18.4 Å². The summed E-state index contributed by atoms with van der Waals surface area (Å²) < 4.78 is 1.28. The van der Waals surface area contributed by atoms with Crippen molar-refractivity contribution in [1.82, 2.24) is 5.32 Å². The van der Waals surface area contributed by atoms with Crippen LogP contribution in [0.2, 0.25) is 0 Å². The van der Waals surface area contributed by atoms with E-state index >= 15 is 0 Å². The standard InChI is InChI=1S/C16H24BrN/c1-2-18-12-15-9-4-3-7-13(15)11-14-8-5-6-10-16(14)17/h5-6,8,10,13,15,18H,2-4,7,9,11-12H2,1H3. The molecule has 2 unspecified atom stereocenters. The van der Waals surface area contributed by atoms with Crippen molar-refractivity contribution in [2.75, 3.05) is 13.1 Å². The Morgan fingerprint density at radius 3 is 2.61 bits per heavy atom. The van der Waals surface area contributed by atoms with Crippen LogP contribution in [0.3, 0.4) is 0 Å². The van der Waals surface area contributed by atoms with E-state index in [1.165, 1.54) is 48.7 Å². The minimum atomic E-state index is 0.858. The van der Waals surface area contributed by atoms with Crippen molar-refractivity contribution >= 4 is 15.9 Å². The molecule has 0 heterocycles. The van der Waals surface area contributed by atoms with Crippen LogP contribution in [0.25, 0.3) is 0 Å². The molecule has 100 valence electrons. The van der Waals surface area contributed by atoms with Crippen LogP contribution in [0.4, 0.5) is 0 Å². The Kier molecular flexibility index (Phi) is 5.71. The molecule has 2 rings (SSSR count). The van der Waals surface area contributed by atoms with Crippen molar-refractivity contribution in [1.29, 1.82) is 0 Å². The summed E-state index contributed by atoms with van der Waals surface area (Å²) in [7, 11) is 0. The van der Waals surface area contributed by atoms with Gasteiger partial charge in [-0.15, -0.1) is 0 Å². The molecule has 1 N–H and O–H groups in total. The molecule has 18 heavy (non-hydrogen) atoms. The molecule has 1 fully saturated rings. The maximum Gasteiger partial charge on any atom is 0.0207 e. The van der Waals surface area contributed by atoms with Gasteiger partial charge >= 0.3 is 0 Å². The number of rotatable bonds is 5. The Bertz CT molecular complexity index is 364. The minimum Gasteiger partial charge on any atom is -0.317 e. The summed E-state index contributed by atoms with van der Waals surface area (Å²) >= 11 is 3.68. The van der Waals surface area contributed by atoms with E-state index in [2.05, 4.69) is 52.4 Å². The third-order valence-corrected chi connectivity index (χ3v) is 4.94. The molecule has 0 radical (unpaired) electrons. The summed E-state index contributed by atoms with van der Waals surface area (Å²) in [5.41, 5.74) is 1.48. The number of halogens is 1. The summed E-state index contributed by atoms with van der Waals surface area (Å²) in [6.07, 6.45) is 6.87. The highest BCUT2D eigenvalue weighted by Crippen LogP contribution is 2.33. The summed E-state index contributed by atoms with van der Waals surface area (Å²) in [6.45, 7) is 4.50. The van der Waals surface area contributed by atoms with E-state index in [9.17, 15) is 0 Å². The lowest BCUT2D eigenvalue weighted by Gasteiger charge is -2.32. The Balaban J connectivity index is 1.98. The molecule has 2 atom stereocenters.